The highest BCUT2D eigenvalue weighted by Crippen LogP contribution is 2.29. The molecular formula is C14H15F4N3. The zero-order valence-electron chi connectivity index (χ0n) is 11.6. The van der Waals surface area contributed by atoms with Gasteiger partial charge in [-0.1, -0.05) is 6.07 Å². The van der Waals surface area contributed by atoms with Crippen molar-refractivity contribution in [3.8, 4) is 0 Å². The van der Waals surface area contributed by atoms with Gasteiger partial charge in [0, 0.05) is 6.54 Å². The summed E-state index contributed by atoms with van der Waals surface area (Å²) in [4.78, 5) is 0. The number of alkyl halides is 3. The summed E-state index contributed by atoms with van der Waals surface area (Å²) in [6.45, 7) is 3.83. The molecule has 1 aromatic carbocycles. The van der Waals surface area contributed by atoms with E-state index in [2.05, 4.69) is 10.4 Å². The number of hydrogen-bond donors (Lipinski definition) is 1. The normalized spacial score (nSPS) is 11.7. The summed E-state index contributed by atoms with van der Waals surface area (Å²) in [5, 5.41) is 6.30. The van der Waals surface area contributed by atoms with E-state index in [1.165, 1.54) is 10.7 Å². The summed E-state index contributed by atoms with van der Waals surface area (Å²) >= 11 is 0. The first kappa shape index (κ1) is 15.3. The Labute approximate surface area is 119 Å². The first-order chi connectivity index (χ1) is 9.81. The van der Waals surface area contributed by atoms with Gasteiger partial charge in [-0.15, -0.1) is 0 Å². The molecule has 7 heteroatoms. The SMILES string of the molecule is CCn1nc(C(F)(F)F)cc1CNc1ccc(C)cc1F. The number of benzene rings is 1. The van der Waals surface area contributed by atoms with E-state index in [-0.39, 0.29) is 12.2 Å². The number of nitrogens with zero attached hydrogens (tertiary/aromatic N) is 2. The van der Waals surface area contributed by atoms with E-state index >= 15 is 0 Å². The molecule has 114 valence electrons. The molecule has 0 unspecified atom stereocenters. The van der Waals surface area contributed by atoms with Gasteiger partial charge in [0.1, 0.15) is 5.82 Å². The van der Waals surface area contributed by atoms with Crippen LogP contribution in [0.2, 0.25) is 0 Å². The third kappa shape index (κ3) is 3.53. The molecule has 0 fully saturated rings. The van der Waals surface area contributed by atoms with Crippen LogP contribution < -0.4 is 5.32 Å². The minimum Gasteiger partial charge on any atom is -0.377 e. The Balaban J connectivity index is 2.17. The molecular weight excluding hydrogens is 286 g/mol. The quantitative estimate of drug-likeness (QED) is 0.866. The van der Waals surface area contributed by atoms with Crippen molar-refractivity contribution in [3.05, 3.63) is 47.0 Å². The predicted octanol–water partition coefficient (Wildman–Crippen LogP) is 3.98. The topological polar surface area (TPSA) is 29.9 Å². The maximum atomic E-state index is 13.7. The minimum atomic E-state index is -4.48. The van der Waals surface area contributed by atoms with Crippen molar-refractivity contribution < 1.29 is 17.6 Å². The molecule has 0 saturated carbocycles. The molecule has 2 rings (SSSR count). The molecule has 0 saturated heterocycles. The molecule has 1 N–H and O–H groups in total. The van der Waals surface area contributed by atoms with Crippen molar-refractivity contribution in [2.45, 2.75) is 33.1 Å². The van der Waals surface area contributed by atoms with Gasteiger partial charge in [-0.25, -0.2) is 4.39 Å². The van der Waals surface area contributed by atoms with Crippen molar-refractivity contribution in [1.29, 1.82) is 0 Å². The molecule has 1 heterocycles. The molecule has 0 spiro atoms. The summed E-state index contributed by atoms with van der Waals surface area (Å²) in [5.41, 5.74) is 0.435. The highest BCUT2D eigenvalue weighted by molar-refractivity contribution is 5.46. The smallest absolute Gasteiger partial charge is 0.377 e. The molecule has 0 aliphatic heterocycles. The van der Waals surface area contributed by atoms with E-state index in [0.717, 1.165) is 11.6 Å². The third-order valence-corrected chi connectivity index (χ3v) is 3.04. The lowest BCUT2D eigenvalue weighted by Crippen LogP contribution is -2.09. The molecule has 21 heavy (non-hydrogen) atoms. The zero-order valence-corrected chi connectivity index (χ0v) is 11.6. The van der Waals surface area contributed by atoms with E-state index in [4.69, 9.17) is 0 Å². The van der Waals surface area contributed by atoms with Gasteiger partial charge < -0.3 is 5.32 Å². The van der Waals surface area contributed by atoms with Gasteiger partial charge in [0.15, 0.2) is 5.69 Å². The Morgan fingerprint density at radius 2 is 1.95 bits per heavy atom. The summed E-state index contributed by atoms with van der Waals surface area (Å²) in [6, 6.07) is 5.62. The highest BCUT2D eigenvalue weighted by atomic mass is 19.4. The van der Waals surface area contributed by atoms with Crippen LogP contribution in [0.15, 0.2) is 24.3 Å². The zero-order chi connectivity index (χ0) is 15.6. The van der Waals surface area contributed by atoms with E-state index in [0.29, 0.717) is 12.2 Å². The van der Waals surface area contributed by atoms with E-state index < -0.39 is 17.7 Å². The van der Waals surface area contributed by atoms with Crippen molar-refractivity contribution in [2.75, 3.05) is 5.32 Å². The van der Waals surface area contributed by atoms with Crippen molar-refractivity contribution in [2.24, 2.45) is 0 Å². The standard InChI is InChI=1S/C14H15F4N3/c1-3-21-10(7-13(20-21)14(16,17)18)8-19-12-5-4-9(2)6-11(12)15/h4-7,19H,3,8H2,1-2H3. The van der Waals surface area contributed by atoms with Crippen LogP contribution in [0.3, 0.4) is 0 Å². The van der Waals surface area contributed by atoms with Crippen LogP contribution in [0.5, 0.6) is 0 Å². The van der Waals surface area contributed by atoms with Gasteiger partial charge in [0.2, 0.25) is 0 Å². The van der Waals surface area contributed by atoms with Crippen LogP contribution in [-0.2, 0) is 19.3 Å². The van der Waals surface area contributed by atoms with Gasteiger partial charge in [-0.05, 0) is 37.6 Å². The maximum absolute atomic E-state index is 13.7. The summed E-state index contributed by atoms with van der Waals surface area (Å²) in [5.74, 6) is -0.436. The summed E-state index contributed by atoms with van der Waals surface area (Å²) in [7, 11) is 0. The highest BCUT2D eigenvalue weighted by Gasteiger charge is 2.34. The molecule has 1 aromatic heterocycles. The van der Waals surface area contributed by atoms with Gasteiger partial charge in [0.25, 0.3) is 0 Å². The summed E-state index contributed by atoms with van der Waals surface area (Å²) < 4.78 is 52.8. The lowest BCUT2D eigenvalue weighted by molar-refractivity contribution is -0.141. The molecule has 0 atom stereocenters. The number of nitrogens with one attached hydrogen (secondary N) is 1. The van der Waals surface area contributed by atoms with Crippen LogP contribution in [-0.4, -0.2) is 9.78 Å². The van der Waals surface area contributed by atoms with Gasteiger partial charge >= 0.3 is 6.18 Å². The molecule has 0 bridgehead atoms. The largest absolute Gasteiger partial charge is 0.435 e. The second kappa shape index (κ2) is 5.75. The first-order valence-electron chi connectivity index (χ1n) is 6.45. The lowest BCUT2D eigenvalue weighted by atomic mass is 10.2. The number of hydrogen-bond acceptors (Lipinski definition) is 2. The average Bonchev–Trinajstić information content (AvgIpc) is 2.81. The molecule has 3 nitrogen and oxygen atoms in total. The minimum absolute atomic E-state index is 0.0664. The lowest BCUT2D eigenvalue weighted by Gasteiger charge is -2.09. The fraction of sp³-hybridized carbons (Fsp3) is 0.357. The Morgan fingerprint density at radius 1 is 1.24 bits per heavy atom. The second-order valence-electron chi connectivity index (χ2n) is 4.67. The molecule has 2 aromatic rings. The maximum Gasteiger partial charge on any atom is 0.435 e. The Kier molecular flexibility index (Phi) is 4.20. The fourth-order valence-corrected chi connectivity index (χ4v) is 1.96. The Hall–Kier alpha value is -2.05. The van der Waals surface area contributed by atoms with Gasteiger partial charge in [-0.3, -0.25) is 4.68 Å². The molecule has 0 radical (unpaired) electrons. The fourth-order valence-electron chi connectivity index (χ4n) is 1.96. The summed E-state index contributed by atoms with van der Waals surface area (Å²) in [6.07, 6.45) is -4.48. The monoisotopic (exact) mass is 301 g/mol. The van der Waals surface area contributed by atoms with Gasteiger partial charge in [-0.2, -0.15) is 18.3 Å². The van der Waals surface area contributed by atoms with E-state index in [1.54, 1.807) is 26.0 Å². The second-order valence-corrected chi connectivity index (χ2v) is 4.67. The predicted molar refractivity (Wildman–Crippen MR) is 71.4 cm³/mol. The van der Waals surface area contributed by atoms with Crippen LogP contribution in [0.25, 0.3) is 0 Å². The van der Waals surface area contributed by atoms with Crippen LogP contribution in [0.4, 0.5) is 23.2 Å². The van der Waals surface area contributed by atoms with E-state index in [1.807, 2.05) is 0 Å². The van der Waals surface area contributed by atoms with Crippen molar-refractivity contribution in [1.82, 2.24) is 9.78 Å². The number of halogens is 4. The van der Waals surface area contributed by atoms with Crippen LogP contribution >= 0.6 is 0 Å². The average molecular weight is 301 g/mol. The number of anilines is 1. The Morgan fingerprint density at radius 3 is 2.52 bits per heavy atom. The number of aromatic nitrogens is 2. The number of rotatable bonds is 4. The van der Waals surface area contributed by atoms with Crippen molar-refractivity contribution >= 4 is 5.69 Å². The molecule has 0 amide bonds. The number of aryl methyl sites for hydroxylation is 2. The molecule has 0 aliphatic carbocycles. The third-order valence-electron chi connectivity index (χ3n) is 3.04. The first-order valence-corrected chi connectivity index (χ1v) is 6.45. The van der Waals surface area contributed by atoms with Crippen LogP contribution in [0, 0.1) is 12.7 Å². The van der Waals surface area contributed by atoms with Crippen LogP contribution in [0.1, 0.15) is 23.9 Å². The van der Waals surface area contributed by atoms with Crippen molar-refractivity contribution in [3.63, 3.8) is 0 Å². The van der Waals surface area contributed by atoms with E-state index in [9.17, 15) is 17.6 Å². The molecule has 0 aliphatic rings. The Bertz CT molecular complexity index is 632. The van der Waals surface area contributed by atoms with Gasteiger partial charge in [0.05, 0.1) is 17.9 Å².